The van der Waals surface area contributed by atoms with Gasteiger partial charge in [-0.1, -0.05) is 24.6 Å². The maximum absolute atomic E-state index is 12.6. The molecular formula is C22H30N4O5S. The standard InChI is InChI=1S/C22H30N4O5S/c1-4-17(23-22(28)29)14-6-7-15(10-14)18-12-20(26-25-18)24-21(27)11-16-9-13(2)5-8-19(16)32(3,30)31/h5,8-9,12,14-15,17,23H,4,6-7,10-11H2,1-3H3,(H,28,29)(H2,24,25,26,27). The van der Waals surface area contributed by atoms with Gasteiger partial charge in [0.05, 0.1) is 11.3 Å². The average molecular weight is 463 g/mol. The zero-order valence-corrected chi connectivity index (χ0v) is 19.3. The Bertz CT molecular complexity index is 1100. The molecule has 3 rings (SSSR count). The smallest absolute Gasteiger partial charge is 0.404 e. The van der Waals surface area contributed by atoms with Crippen molar-refractivity contribution in [1.29, 1.82) is 0 Å². The Hall–Kier alpha value is -2.88. The lowest BCUT2D eigenvalue weighted by molar-refractivity contribution is -0.115. The molecule has 3 unspecified atom stereocenters. The minimum atomic E-state index is -3.44. The molecule has 4 N–H and O–H groups in total. The number of aromatic nitrogens is 2. The van der Waals surface area contributed by atoms with Gasteiger partial charge in [0.2, 0.25) is 5.91 Å². The zero-order chi connectivity index (χ0) is 23.5. The fraction of sp³-hybridized carbons (Fsp3) is 0.500. The van der Waals surface area contributed by atoms with Crippen LogP contribution in [0.2, 0.25) is 0 Å². The number of sulfone groups is 1. The molecule has 1 heterocycles. The van der Waals surface area contributed by atoms with Gasteiger partial charge in [-0.25, -0.2) is 13.2 Å². The number of H-pyrrole nitrogens is 1. The van der Waals surface area contributed by atoms with Crippen LogP contribution in [0.4, 0.5) is 10.6 Å². The van der Waals surface area contributed by atoms with Gasteiger partial charge in [0.1, 0.15) is 0 Å². The summed E-state index contributed by atoms with van der Waals surface area (Å²) in [5.74, 6) is 0.520. The normalized spacial score (nSPS) is 19.5. The van der Waals surface area contributed by atoms with Gasteiger partial charge in [0.25, 0.3) is 0 Å². The van der Waals surface area contributed by atoms with E-state index in [1.807, 2.05) is 13.8 Å². The lowest BCUT2D eigenvalue weighted by Gasteiger charge is -2.22. The van der Waals surface area contributed by atoms with Gasteiger partial charge in [-0.15, -0.1) is 0 Å². The van der Waals surface area contributed by atoms with Crippen LogP contribution in [0.25, 0.3) is 0 Å². The number of hydrogen-bond donors (Lipinski definition) is 4. The largest absolute Gasteiger partial charge is 0.465 e. The summed E-state index contributed by atoms with van der Waals surface area (Å²) in [6, 6.07) is 6.67. The summed E-state index contributed by atoms with van der Waals surface area (Å²) >= 11 is 0. The maximum atomic E-state index is 12.6. The highest BCUT2D eigenvalue weighted by molar-refractivity contribution is 7.90. The average Bonchev–Trinajstić information content (AvgIpc) is 3.34. The van der Waals surface area contributed by atoms with Crippen molar-refractivity contribution in [2.24, 2.45) is 5.92 Å². The van der Waals surface area contributed by atoms with Crippen LogP contribution < -0.4 is 10.6 Å². The first-order chi connectivity index (χ1) is 15.1. The predicted molar refractivity (Wildman–Crippen MR) is 121 cm³/mol. The number of nitrogens with one attached hydrogen (secondary N) is 3. The lowest BCUT2D eigenvalue weighted by atomic mass is 9.94. The van der Waals surface area contributed by atoms with Crippen molar-refractivity contribution < 1.29 is 23.1 Å². The number of hydrogen-bond acceptors (Lipinski definition) is 5. The van der Waals surface area contributed by atoms with Gasteiger partial charge in [-0.3, -0.25) is 9.89 Å². The van der Waals surface area contributed by atoms with Crippen LogP contribution in [-0.2, 0) is 21.1 Å². The Morgan fingerprint density at radius 2 is 2.03 bits per heavy atom. The van der Waals surface area contributed by atoms with Crippen LogP contribution in [0.15, 0.2) is 29.2 Å². The summed E-state index contributed by atoms with van der Waals surface area (Å²) < 4.78 is 24.0. The second-order valence-corrected chi connectivity index (χ2v) is 10.5. The van der Waals surface area contributed by atoms with Crippen molar-refractivity contribution >= 4 is 27.7 Å². The van der Waals surface area contributed by atoms with E-state index in [1.54, 1.807) is 18.2 Å². The number of nitrogens with zero attached hydrogens (tertiary/aromatic N) is 1. The van der Waals surface area contributed by atoms with Gasteiger partial charge in [-0.05, 0) is 50.2 Å². The molecule has 174 valence electrons. The molecule has 1 aromatic heterocycles. The van der Waals surface area contributed by atoms with Crippen LogP contribution in [0.1, 0.15) is 55.3 Å². The van der Waals surface area contributed by atoms with Gasteiger partial charge in [-0.2, -0.15) is 5.10 Å². The quantitative estimate of drug-likeness (QED) is 0.475. The van der Waals surface area contributed by atoms with Crippen molar-refractivity contribution in [3.8, 4) is 0 Å². The highest BCUT2D eigenvalue weighted by Gasteiger charge is 2.32. The summed E-state index contributed by atoms with van der Waals surface area (Å²) in [6.07, 6.45) is 3.47. The van der Waals surface area contributed by atoms with E-state index in [4.69, 9.17) is 5.11 Å². The molecule has 10 heteroatoms. The zero-order valence-electron chi connectivity index (χ0n) is 18.5. The summed E-state index contributed by atoms with van der Waals surface area (Å²) in [6.45, 7) is 3.82. The van der Waals surface area contributed by atoms with Crippen LogP contribution in [0.5, 0.6) is 0 Å². The molecule has 3 atom stereocenters. The number of rotatable bonds is 8. The van der Waals surface area contributed by atoms with Gasteiger partial charge in [0, 0.05) is 30.0 Å². The topological polar surface area (TPSA) is 141 Å². The van der Waals surface area contributed by atoms with Crippen molar-refractivity contribution in [3.05, 3.63) is 41.1 Å². The minimum absolute atomic E-state index is 0.0713. The first-order valence-electron chi connectivity index (χ1n) is 10.7. The Kier molecular flexibility index (Phi) is 7.22. The third-order valence-electron chi connectivity index (χ3n) is 6.06. The van der Waals surface area contributed by atoms with E-state index < -0.39 is 15.9 Å². The molecule has 32 heavy (non-hydrogen) atoms. The maximum Gasteiger partial charge on any atom is 0.404 e. The van der Waals surface area contributed by atoms with Crippen LogP contribution in [0, 0.1) is 12.8 Å². The number of aromatic amines is 1. The highest BCUT2D eigenvalue weighted by atomic mass is 32.2. The molecule has 1 aliphatic carbocycles. The van der Waals surface area contributed by atoms with Crippen LogP contribution in [0.3, 0.4) is 0 Å². The number of carboxylic acid groups (broad SMARTS) is 1. The molecular weight excluding hydrogens is 432 g/mol. The third-order valence-corrected chi connectivity index (χ3v) is 7.26. The first kappa shape index (κ1) is 23.8. The molecule has 0 spiro atoms. The second kappa shape index (κ2) is 9.72. The number of aryl methyl sites for hydroxylation is 1. The third kappa shape index (κ3) is 5.87. The first-order valence-corrected chi connectivity index (χ1v) is 12.6. The van der Waals surface area contributed by atoms with E-state index in [0.717, 1.165) is 43.2 Å². The summed E-state index contributed by atoms with van der Waals surface area (Å²) in [4.78, 5) is 23.7. The predicted octanol–water partition coefficient (Wildman–Crippen LogP) is 3.23. The molecule has 0 radical (unpaired) electrons. The number of carbonyl (C=O) groups excluding carboxylic acids is 1. The summed E-state index contributed by atoms with van der Waals surface area (Å²) in [5.41, 5.74) is 2.23. The highest BCUT2D eigenvalue weighted by Crippen LogP contribution is 2.40. The van der Waals surface area contributed by atoms with Crippen molar-refractivity contribution in [2.75, 3.05) is 11.6 Å². The number of benzene rings is 1. The molecule has 2 amide bonds. The molecule has 1 saturated carbocycles. The molecule has 0 saturated heterocycles. The Morgan fingerprint density at radius 1 is 1.28 bits per heavy atom. The SMILES string of the molecule is CCC(NC(=O)O)C1CCC(c2cc(NC(=O)Cc3cc(C)ccc3S(C)(=O)=O)n[nH]2)C1. The Labute approximate surface area is 187 Å². The van der Waals surface area contributed by atoms with E-state index in [2.05, 4.69) is 20.8 Å². The second-order valence-electron chi connectivity index (χ2n) is 8.55. The molecule has 1 fully saturated rings. The van der Waals surface area contributed by atoms with Crippen LogP contribution in [-0.4, -0.2) is 48.0 Å². The fourth-order valence-corrected chi connectivity index (χ4v) is 5.48. The van der Waals surface area contributed by atoms with E-state index in [-0.39, 0.29) is 35.1 Å². The summed E-state index contributed by atoms with van der Waals surface area (Å²) in [5, 5.41) is 21.5. The lowest BCUT2D eigenvalue weighted by Crippen LogP contribution is -2.38. The van der Waals surface area contributed by atoms with Crippen molar-refractivity contribution in [3.63, 3.8) is 0 Å². The van der Waals surface area contributed by atoms with Gasteiger partial charge < -0.3 is 15.7 Å². The van der Waals surface area contributed by atoms with Crippen LogP contribution >= 0.6 is 0 Å². The number of anilines is 1. The molecule has 2 aromatic rings. The Balaban J connectivity index is 1.63. The van der Waals surface area contributed by atoms with E-state index in [1.165, 1.54) is 6.07 Å². The monoisotopic (exact) mass is 462 g/mol. The van der Waals surface area contributed by atoms with Crippen molar-refractivity contribution in [2.45, 2.75) is 62.8 Å². The summed E-state index contributed by atoms with van der Waals surface area (Å²) in [7, 11) is -3.44. The fourth-order valence-electron chi connectivity index (χ4n) is 4.55. The van der Waals surface area contributed by atoms with Gasteiger partial charge in [0.15, 0.2) is 15.7 Å². The Morgan fingerprint density at radius 3 is 2.69 bits per heavy atom. The molecule has 1 aliphatic rings. The van der Waals surface area contributed by atoms with Gasteiger partial charge >= 0.3 is 6.09 Å². The minimum Gasteiger partial charge on any atom is -0.465 e. The molecule has 1 aromatic carbocycles. The number of amides is 2. The van der Waals surface area contributed by atoms with E-state index >= 15 is 0 Å². The van der Waals surface area contributed by atoms with E-state index in [9.17, 15) is 18.0 Å². The van der Waals surface area contributed by atoms with Crippen molar-refractivity contribution in [1.82, 2.24) is 15.5 Å². The molecule has 9 nitrogen and oxygen atoms in total. The van der Waals surface area contributed by atoms with E-state index in [0.29, 0.717) is 11.4 Å². The number of carbonyl (C=O) groups is 2. The molecule has 0 aliphatic heterocycles. The molecule has 0 bridgehead atoms.